The van der Waals surface area contributed by atoms with Crippen LogP contribution in [0.25, 0.3) is 0 Å². The van der Waals surface area contributed by atoms with Gasteiger partial charge >= 0.3 is 0 Å². The summed E-state index contributed by atoms with van der Waals surface area (Å²) >= 11 is 0. The SMILES string of the molecule is OC(Cc1cc(F)ccc1F)c1ccc2c(c1)COC2. The average Bonchev–Trinajstić information content (AvgIpc) is 2.90. The summed E-state index contributed by atoms with van der Waals surface area (Å²) < 4.78 is 32.0. The van der Waals surface area contributed by atoms with Crippen LogP contribution in [0.2, 0.25) is 0 Å². The van der Waals surface area contributed by atoms with Crippen molar-refractivity contribution in [2.45, 2.75) is 25.7 Å². The molecule has 1 aliphatic heterocycles. The molecule has 2 aromatic rings. The van der Waals surface area contributed by atoms with E-state index >= 15 is 0 Å². The summed E-state index contributed by atoms with van der Waals surface area (Å²) in [4.78, 5) is 0. The molecule has 0 spiro atoms. The molecular formula is C16H14F2O2. The first-order valence-corrected chi connectivity index (χ1v) is 6.45. The minimum absolute atomic E-state index is 0.0449. The fourth-order valence-electron chi connectivity index (χ4n) is 2.43. The van der Waals surface area contributed by atoms with E-state index < -0.39 is 17.7 Å². The molecule has 1 heterocycles. The fraction of sp³-hybridized carbons (Fsp3) is 0.250. The van der Waals surface area contributed by atoms with Crippen LogP contribution in [-0.2, 0) is 24.4 Å². The van der Waals surface area contributed by atoms with Crippen molar-refractivity contribution in [3.05, 3.63) is 70.3 Å². The van der Waals surface area contributed by atoms with Gasteiger partial charge in [0.1, 0.15) is 11.6 Å². The summed E-state index contributed by atoms with van der Waals surface area (Å²) in [7, 11) is 0. The lowest BCUT2D eigenvalue weighted by molar-refractivity contribution is 0.134. The number of fused-ring (bicyclic) bond motifs is 1. The van der Waals surface area contributed by atoms with Gasteiger partial charge in [-0.3, -0.25) is 0 Å². The van der Waals surface area contributed by atoms with Gasteiger partial charge < -0.3 is 9.84 Å². The van der Waals surface area contributed by atoms with E-state index in [1.165, 1.54) is 0 Å². The van der Waals surface area contributed by atoms with Gasteiger partial charge in [0.25, 0.3) is 0 Å². The van der Waals surface area contributed by atoms with Crippen LogP contribution in [0, 0.1) is 11.6 Å². The largest absolute Gasteiger partial charge is 0.388 e. The Morgan fingerprint density at radius 3 is 2.70 bits per heavy atom. The molecule has 4 heteroatoms. The summed E-state index contributed by atoms with van der Waals surface area (Å²) in [6.07, 6.45) is -0.819. The molecule has 1 unspecified atom stereocenters. The van der Waals surface area contributed by atoms with Gasteiger partial charge in [-0.25, -0.2) is 8.78 Å². The molecule has 0 aromatic heterocycles. The zero-order valence-corrected chi connectivity index (χ0v) is 10.8. The van der Waals surface area contributed by atoms with E-state index in [4.69, 9.17) is 4.74 Å². The predicted molar refractivity (Wildman–Crippen MR) is 70.0 cm³/mol. The Labute approximate surface area is 115 Å². The number of rotatable bonds is 3. The first-order chi connectivity index (χ1) is 9.63. The topological polar surface area (TPSA) is 29.5 Å². The maximum atomic E-state index is 13.6. The second kappa shape index (κ2) is 5.31. The van der Waals surface area contributed by atoms with Gasteiger partial charge in [-0.1, -0.05) is 18.2 Å². The molecular weight excluding hydrogens is 262 g/mol. The molecule has 2 aromatic carbocycles. The molecule has 104 valence electrons. The number of halogens is 2. The smallest absolute Gasteiger partial charge is 0.126 e. The zero-order chi connectivity index (χ0) is 14.1. The number of hydrogen-bond donors (Lipinski definition) is 1. The van der Waals surface area contributed by atoms with Gasteiger partial charge in [-0.2, -0.15) is 0 Å². The summed E-state index contributed by atoms with van der Waals surface area (Å²) in [5, 5.41) is 10.2. The summed E-state index contributed by atoms with van der Waals surface area (Å²) in [5.41, 5.74) is 3.02. The highest BCUT2D eigenvalue weighted by Crippen LogP contribution is 2.26. The van der Waals surface area contributed by atoms with Crippen molar-refractivity contribution in [1.82, 2.24) is 0 Å². The predicted octanol–water partition coefficient (Wildman–Crippen LogP) is 3.27. The molecule has 0 saturated heterocycles. The van der Waals surface area contributed by atoms with Gasteiger partial charge in [0.2, 0.25) is 0 Å². The maximum Gasteiger partial charge on any atom is 0.126 e. The molecule has 0 fully saturated rings. The Hall–Kier alpha value is -1.78. The highest BCUT2D eigenvalue weighted by atomic mass is 19.1. The van der Waals surface area contributed by atoms with Gasteiger partial charge in [0.15, 0.2) is 0 Å². The van der Waals surface area contributed by atoms with Gasteiger partial charge in [0, 0.05) is 6.42 Å². The second-order valence-electron chi connectivity index (χ2n) is 4.98. The Bertz CT molecular complexity index is 640. The van der Waals surface area contributed by atoms with Gasteiger partial charge in [-0.05, 0) is 40.5 Å². The minimum atomic E-state index is -0.864. The van der Waals surface area contributed by atoms with Crippen molar-refractivity contribution in [2.75, 3.05) is 0 Å². The van der Waals surface area contributed by atoms with Crippen molar-refractivity contribution in [1.29, 1.82) is 0 Å². The third-order valence-electron chi connectivity index (χ3n) is 3.55. The lowest BCUT2D eigenvalue weighted by Gasteiger charge is -2.13. The Morgan fingerprint density at radius 2 is 1.85 bits per heavy atom. The van der Waals surface area contributed by atoms with Crippen molar-refractivity contribution in [3.8, 4) is 0 Å². The summed E-state index contributed by atoms with van der Waals surface area (Å²) in [6, 6.07) is 8.84. The number of aliphatic hydroxyl groups excluding tert-OH is 1. The summed E-state index contributed by atoms with van der Waals surface area (Å²) in [6.45, 7) is 1.12. The number of aliphatic hydroxyl groups is 1. The maximum absolute atomic E-state index is 13.6. The van der Waals surface area contributed by atoms with E-state index in [2.05, 4.69) is 0 Å². The average molecular weight is 276 g/mol. The lowest BCUT2D eigenvalue weighted by atomic mass is 9.98. The van der Waals surface area contributed by atoms with Crippen LogP contribution in [0.1, 0.15) is 28.4 Å². The molecule has 20 heavy (non-hydrogen) atoms. The fourth-order valence-corrected chi connectivity index (χ4v) is 2.43. The minimum Gasteiger partial charge on any atom is -0.388 e. The summed E-state index contributed by atoms with van der Waals surface area (Å²) in [5.74, 6) is -1.01. The number of ether oxygens (including phenoxy) is 1. The van der Waals surface area contributed by atoms with Gasteiger partial charge in [0.05, 0.1) is 19.3 Å². The van der Waals surface area contributed by atoms with E-state index in [9.17, 15) is 13.9 Å². The first-order valence-electron chi connectivity index (χ1n) is 6.45. The van der Waals surface area contributed by atoms with Crippen molar-refractivity contribution < 1.29 is 18.6 Å². The molecule has 1 aliphatic rings. The Kier molecular flexibility index (Phi) is 3.51. The van der Waals surface area contributed by atoms with Crippen LogP contribution in [0.15, 0.2) is 36.4 Å². The van der Waals surface area contributed by atoms with Crippen molar-refractivity contribution >= 4 is 0 Å². The van der Waals surface area contributed by atoms with Crippen LogP contribution in [0.3, 0.4) is 0 Å². The Balaban J connectivity index is 1.82. The molecule has 0 aliphatic carbocycles. The third kappa shape index (κ3) is 2.57. The van der Waals surface area contributed by atoms with Crippen molar-refractivity contribution in [2.24, 2.45) is 0 Å². The number of benzene rings is 2. The van der Waals surface area contributed by atoms with Crippen LogP contribution >= 0.6 is 0 Å². The molecule has 0 amide bonds. The van der Waals surface area contributed by atoms with Crippen LogP contribution in [0.5, 0.6) is 0 Å². The van der Waals surface area contributed by atoms with E-state index in [-0.39, 0.29) is 12.0 Å². The van der Waals surface area contributed by atoms with Gasteiger partial charge in [-0.15, -0.1) is 0 Å². The molecule has 3 rings (SSSR count). The highest BCUT2D eigenvalue weighted by molar-refractivity contribution is 5.35. The monoisotopic (exact) mass is 276 g/mol. The first kappa shape index (κ1) is 13.2. The molecule has 2 nitrogen and oxygen atoms in total. The van der Waals surface area contributed by atoms with E-state index in [0.29, 0.717) is 18.8 Å². The quantitative estimate of drug-likeness (QED) is 0.932. The third-order valence-corrected chi connectivity index (χ3v) is 3.55. The standard InChI is InChI=1S/C16H14F2O2/c17-14-3-4-15(18)12(6-14)7-16(19)10-1-2-11-8-20-9-13(11)5-10/h1-6,16,19H,7-9H2. The second-order valence-corrected chi connectivity index (χ2v) is 4.98. The highest BCUT2D eigenvalue weighted by Gasteiger charge is 2.16. The Morgan fingerprint density at radius 1 is 1.05 bits per heavy atom. The van der Waals surface area contributed by atoms with Crippen LogP contribution < -0.4 is 0 Å². The van der Waals surface area contributed by atoms with E-state index in [1.807, 2.05) is 12.1 Å². The van der Waals surface area contributed by atoms with E-state index in [0.717, 1.165) is 29.3 Å². The van der Waals surface area contributed by atoms with Crippen LogP contribution in [-0.4, -0.2) is 5.11 Å². The molecule has 0 bridgehead atoms. The lowest BCUT2D eigenvalue weighted by Crippen LogP contribution is -2.05. The molecule has 0 saturated carbocycles. The zero-order valence-electron chi connectivity index (χ0n) is 10.8. The van der Waals surface area contributed by atoms with E-state index in [1.54, 1.807) is 6.07 Å². The normalized spacial score (nSPS) is 15.2. The van der Waals surface area contributed by atoms with Crippen LogP contribution in [0.4, 0.5) is 8.78 Å². The number of hydrogen-bond acceptors (Lipinski definition) is 2. The van der Waals surface area contributed by atoms with Crippen molar-refractivity contribution in [3.63, 3.8) is 0 Å². The molecule has 0 radical (unpaired) electrons. The molecule has 1 atom stereocenters. The molecule has 1 N–H and O–H groups in total.